The summed E-state index contributed by atoms with van der Waals surface area (Å²) in [5.41, 5.74) is 0.535. The SMILES string of the molecule is CC(O)Cc1c(F)cccc1Br. The maximum absolute atomic E-state index is 13.1. The van der Waals surface area contributed by atoms with E-state index in [1.54, 1.807) is 19.1 Å². The number of halogens is 2. The molecule has 0 saturated heterocycles. The van der Waals surface area contributed by atoms with E-state index in [0.717, 1.165) is 0 Å². The third-order valence-corrected chi connectivity index (χ3v) is 2.30. The van der Waals surface area contributed by atoms with E-state index in [-0.39, 0.29) is 5.82 Å². The molecule has 1 rings (SSSR count). The van der Waals surface area contributed by atoms with Crippen molar-refractivity contribution in [1.29, 1.82) is 0 Å². The lowest BCUT2D eigenvalue weighted by molar-refractivity contribution is 0.194. The van der Waals surface area contributed by atoms with Crippen molar-refractivity contribution in [2.75, 3.05) is 0 Å². The molecule has 0 aliphatic heterocycles. The second-order valence-electron chi connectivity index (χ2n) is 2.75. The summed E-state index contributed by atoms with van der Waals surface area (Å²) < 4.78 is 13.8. The maximum atomic E-state index is 13.1. The maximum Gasteiger partial charge on any atom is 0.127 e. The minimum absolute atomic E-state index is 0.273. The van der Waals surface area contributed by atoms with Crippen LogP contribution in [0.25, 0.3) is 0 Å². The Morgan fingerprint density at radius 1 is 1.58 bits per heavy atom. The van der Waals surface area contributed by atoms with Crippen molar-refractivity contribution in [3.8, 4) is 0 Å². The first-order valence-corrected chi connectivity index (χ1v) is 4.51. The second-order valence-corrected chi connectivity index (χ2v) is 3.61. The fraction of sp³-hybridized carbons (Fsp3) is 0.333. The molecule has 0 amide bonds. The largest absolute Gasteiger partial charge is 0.393 e. The molecule has 0 aromatic heterocycles. The van der Waals surface area contributed by atoms with Gasteiger partial charge >= 0.3 is 0 Å². The molecule has 0 aliphatic carbocycles. The Hall–Kier alpha value is -0.410. The third-order valence-electron chi connectivity index (χ3n) is 1.56. The Balaban J connectivity index is 2.96. The zero-order valence-electron chi connectivity index (χ0n) is 6.72. The first-order chi connectivity index (χ1) is 5.61. The van der Waals surface area contributed by atoms with Crippen molar-refractivity contribution in [1.82, 2.24) is 0 Å². The van der Waals surface area contributed by atoms with Crippen molar-refractivity contribution >= 4 is 15.9 Å². The molecule has 0 bridgehead atoms. The predicted molar refractivity (Wildman–Crippen MR) is 49.5 cm³/mol. The summed E-state index contributed by atoms with van der Waals surface area (Å²) in [6.07, 6.45) is -0.175. The third kappa shape index (κ3) is 2.29. The zero-order valence-corrected chi connectivity index (χ0v) is 8.31. The Bertz CT molecular complexity index is 253. The Labute approximate surface area is 79.4 Å². The van der Waals surface area contributed by atoms with E-state index in [2.05, 4.69) is 15.9 Å². The molecule has 0 spiro atoms. The van der Waals surface area contributed by atoms with Crippen LogP contribution in [0.1, 0.15) is 12.5 Å². The van der Waals surface area contributed by atoms with Gasteiger partial charge in [-0.2, -0.15) is 0 Å². The molecule has 0 fully saturated rings. The fourth-order valence-electron chi connectivity index (χ4n) is 1.02. The molecule has 0 heterocycles. The van der Waals surface area contributed by atoms with Crippen LogP contribution < -0.4 is 0 Å². The van der Waals surface area contributed by atoms with Crippen molar-refractivity contribution in [3.05, 3.63) is 34.1 Å². The standard InChI is InChI=1S/C9H10BrFO/c1-6(12)5-7-8(10)3-2-4-9(7)11/h2-4,6,12H,5H2,1H3. The van der Waals surface area contributed by atoms with E-state index in [1.807, 2.05) is 0 Å². The van der Waals surface area contributed by atoms with Gasteiger partial charge in [0.25, 0.3) is 0 Å². The highest BCUT2D eigenvalue weighted by Crippen LogP contribution is 2.20. The molecule has 3 heteroatoms. The van der Waals surface area contributed by atoms with E-state index in [9.17, 15) is 4.39 Å². The summed E-state index contributed by atoms with van der Waals surface area (Å²) in [6, 6.07) is 4.79. The smallest absolute Gasteiger partial charge is 0.127 e. The topological polar surface area (TPSA) is 20.2 Å². The predicted octanol–water partition coefficient (Wildman–Crippen LogP) is 2.51. The van der Waals surface area contributed by atoms with Crippen LogP contribution in [-0.2, 0) is 6.42 Å². The van der Waals surface area contributed by atoms with E-state index in [0.29, 0.717) is 16.5 Å². The molecule has 1 nitrogen and oxygen atoms in total. The van der Waals surface area contributed by atoms with Gasteiger partial charge in [-0.1, -0.05) is 22.0 Å². The molecule has 12 heavy (non-hydrogen) atoms. The Morgan fingerprint density at radius 2 is 2.25 bits per heavy atom. The molecular formula is C9H10BrFO. The fourth-order valence-corrected chi connectivity index (χ4v) is 1.53. The highest BCUT2D eigenvalue weighted by atomic mass is 79.9. The van der Waals surface area contributed by atoms with E-state index < -0.39 is 6.10 Å². The molecule has 1 N–H and O–H groups in total. The van der Waals surface area contributed by atoms with Gasteiger partial charge in [0.2, 0.25) is 0 Å². The average Bonchev–Trinajstić information content (AvgIpc) is 1.97. The van der Waals surface area contributed by atoms with Crippen LogP contribution in [0, 0.1) is 5.82 Å². The molecule has 0 aliphatic rings. The number of hydrogen-bond donors (Lipinski definition) is 1. The van der Waals surface area contributed by atoms with Crippen molar-refractivity contribution in [2.24, 2.45) is 0 Å². The minimum Gasteiger partial charge on any atom is -0.393 e. The minimum atomic E-state index is -0.516. The van der Waals surface area contributed by atoms with Gasteiger partial charge in [-0.15, -0.1) is 0 Å². The second kappa shape index (κ2) is 4.01. The molecule has 1 atom stereocenters. The molecule has 1 aromatic rings. The molecule has 1 aromatic carbocycles. The number of rotatable bonds is 2. The molecule has 0 radical (unpaired) electrons. The van der Waals surface area contributed by atoms with E-state index in [4.69, 9.17) is 5.11 Å². The molecule has 0 saturated carbocycles. The molecule has 1 unspecified atom stereocenters. The van der Waals surface area contributed by atoms with Crippen LogP contribution in [0.2, 0.25) is 0 Å². The van der Waals surface area contributed by atoms with Gasteiger partial charge in [0.1, 0.15) is 5.82 Å². The van der Waals surface area contributed by atoms with Gasteiger partial charge in [0.05, 0.1) is 6.10 Å². The number of hydrogen-bond acceptors (Lipinski definition) is 1. The van der Waals surface area contributed by atoms with Gasteiger partial charge in [-0.3, -0.25) is 0 Å². The van der Waals surface area contributed by atoms with Crippen molar-refractivity contribution in [3.63, 3.8) is 0 Å². The highest BCUT2D eigenvalue weighted by molar-refractivity contribution is 9.10. The lowest BCUT2D eigenvalue weighted by Gasteiger charge is -2.07. The van der Waals surface area contributed by atoms with Crippen molar-refractivity contribution in [2.45, 2.75) is 19.4 Å². The van der Waals surface area contributed by atoms with Crippen LogP contribution in [-0.4, -0.2) is 11.2 Å². The average molecular weight is 233 g/mol. The summed E-state index contributed by atoms with van der Waals surface area (Å²) in [6.45, 7) is 1.64. The lowest BCUT2D eigenvalue weighted by Crippen LogP contribution is -2.06. The number of benzene rings is 1. The Kier molecular flexibility index (Phi) is 3.23. The lowest BCUT2D eigenvalue weighted by atomic mass is 10.1. The van der Waals surface area contributed by atoms with Gasteiger partial charge in [-0.25, -0.2) is 4.39 Å². The van der Waals surface area contributed by atoms with Crippen LogP contribution in [0.5, 0.6) is 0 Å². The number of aliphatic hydroxyl groups is 1. The molecule has 66 valence electrons. The summed E-state index contributed by atoms with van der Waals surface area (Å²) in [5.74, 6) is -0.273. The van der Waals surface area contributed by atoms with Crippen LogP contribution in [0.3, 0.4) is 0 Å². The van der Waals surface area contributed by atoms with Crippen LogP contribution in [0.15, 0.2) is 22.7 Å². The quantitative estimate of drug-likeness (QED) is 0.832. The summed E-state index contributed by atoms with van der Waals surface area (Å²) in [7, 11) is 0. The van der Waals surface area contributed by atoms with Crippen molar-refractivity contribution < 1.29 is 9.50 Å². The summed E-state index contributed by atoms with van der Waals surface area (Å²) in [5, 5.41) is 9.07. The number of aliphatic hydroxyl groups excluding tert-OH is 1. The van der Waals surface area contributed by atoms with Crippen LogP contribution in [0.4, 0.5) is 4.39 Å². The van der Waals surface area contributed by atoms with Gasteiger partial charge < -0.3 is 5.11 Å². The molecular weight excluding hydrogens is 223 g/mol. The first kappa shape index (κ1) is 9.68. The first-order valence-electron chi connectivity index (χ1n) is 3.72. The summed E-state index contributed by atoms with van der Waals surface area (Å²) in [4.78, 5) is 0. The monoisotopic (exact) mass is 232 g/mol. The highest BCUT2D eigenvalue weighted by Gasteiger charge is 2.08. The van der Waals surface area contributed by atoms with Crippen LogP contribution >= 0.6 is 15.9 Å². The van der Waals surface area contributed by atoms with E-state index in [1.165, 1.54) is 6.07 Å². The van der Waals surface area contributed by atoms with Gasteiger partial charge in [-0.05, 0) is 19.1 Å². The zero-order chi connectivity index (χ0) is 9.14. The normalized spacial score (nSPS) is 13.0. The van der Waals surface area contributed by atoms with Gasteiger partial charge in [0, 0.05) is 16.5 Å². The summed E-state index contributed by atoms with van der Waals surface area (Å²) >= 11 is 3.22. The Morgan fingerprint density at radius 3 is 2.75 bits per heavy atom. The van der Waals surface area contributed by atoms with E-state index >= 15 is 0 Å². The van der Waals surface area contributed by atoms with Gasteiger partial charge in [0.15, 0.2) is 0 Å².